The van der Waals surface area contributed by atoms with E-state index in [0.717, 1.165) is 16.8 Å². The van der Waals surface area contributed by atoms with Crippen molar-refractivity contribution < 1.29 is 14.7 Å². The lowest BCUT2D eigenvalue weighted by atomic mass is 10.1. The molecule has 0 saturated heterocycles. The van der Waals surface area contributed by atoms with Crippen molar-refractivity contribution in [1.82, 2.24) is 0 Å². The molecule has 0 unspecified atom stereocenters. The third-order valence-corrected chi connectivity index (χ3v) is 3.15. The number of nitrogens with one attached hydrogen (secondary N) is 1. The van der Waals surface area contributed by atoms with Crippen LogP contribution in [0.4, 0.5) is 5.69 Å². The number of benzene rings is 2. The van der Waals surface area contributed by atoms with Crippen molar-refractivity contribution in [2.24, 2.45) is 0 Å². The summed E-state index contributed by atoms with van der Waals surface area (Å²) in [5.41, 5.74) is 3.34. The van der Waals surface area contributed by atoms with Gasteiger partial charge in [-0.2, -0.15) is 0 Å². The number of carbonyl (C=O) groups excluding carboxylic acids is 1. The second-order valence-corrected chi connectivity index (χ2v) is 4.91. The molecule has 21 heavy (non-hydrogen) atoms. The van der Waals surface area contributed by atoms with Crippen LogP contribution in [0.5, 0.6) is 0 Å². The highest BCUT2D eigenvalue weighted by molar-refractivity contribution is 6.04. The van der Waals surface area contributed by atoms with E-state index >= 15 is 0 Å². The fourth-order valence-electron chi connectivity index (χ4n) is 1.91. The maximum absolute atomic E-state index is 12.1. The minimum atomic E-state index is -0.823. The molecule has 0 saturated carbocycles. The molecule has 0 atom stereocenters. The topological polar surface area (TPSA) is 66.4 Å². The van der Waals surface area contributed by atoms with E-state index < -0.39 is 5.97 Å². The van der Waals surface area contributed by atoms with Crippen LogP contribution in [-0.4, -0.2) is 17.0 Å². The molecular weight excluding hydrogens is 266 g/mol. The van der Waals surface area contributed by atoms with Gasteiger partial charge in [-0.05, 0) is 43.2 Å². The number of aryl methyl sites for hydroxylation is 2. The summed E-state index contributed by atoms with van der Waals surface area (Å²) in [6.07, 6.45) is 0.560. The van der Waals surface area contributed by atoms with Gasteiger partial charge in [0, 0.05) is 17.7 Å². The van der Waals surface area contributed by atoms with E-state index in [4.69, 9.17) is 5.11 Å². The van der Waals surface area contributed by atoms with Crippen molar-refractivity contribution in [1.29, 1.82) is 0 Å². The smallest absolute Gasteiger partial charge is 0.303 e. The first-order valence-electron chi connectivity index (χ1n) is 6.73. The van der Waals surface area contributed by atoms with Crippen molar-refractivity contribution in [3.05, 3.63) is 65.2 Å². The molecule has 2 N–H and O–H groups in total. The molecule has 0 bridgehead atoms. The lowest BCUT2D eigenvalue weighted by Crippen LogP contribution is -2.11. The fraction of sp³-hybridized carbons (Fsp3) is 0.176. The number of rotatable bonds is 5. The number of hydrogen-bond donors (Lipinski definition) is 2. The summed E-state index contributed by atoms with van der Waals surface area (Å²) in [6.45, 7) is 1.99. The van der Waals surface area contributed by atoms with Crippen molar-refractivity contribution in [2.45, 2.75) is 19.8 Å². The van der Waals surface area contributed by atoms with Gasteiger partial charge in [-0.3, -0.25) is 9.59 Å². The van der Waals surface area contributed by atoms with Crippen LogP contribution in [0.1, 0.15) is 27.9 Å². The van der Waals surface area contributed by atoms with Gasteiger partial charge in [-0.1, -0.05) is 29.8 Å². The summed E-state index contributed by atoms with van der Waals surface area (Å²) in [7, 11) is 0. The number of amides is 1. The number of carboxylic acid groups (broad SMARTS) is 1. The molecule has 2 aromatic carbocycles. The van der Waals surface area contributed by atoms with Crippen LogP contribution in [0.3, 0.4) is 0 Å². The molecule has 0 fully saturated rings. The lowest BCUT2D eigenvalue weighted by molar-refractivity contribution is -0.136. The molecule has 0 heterocycles. The van der Waals surface area contributed by atoms with Crippen LogP contribution < -0.4 is 5.32 Å². The summed E-state index contributed by atoms with van der Waals surface area (Å²) in [4.78, 5) is 22.6. The Labute approximate surface area is 123 Å². The Kier molecular flexibility index (Phi) is 4.72. The van der Waals surface area contributed by atoms with Crippen molar-refractivity contribution >= 4 is 17.6 Å². The van der Waals surface area contributed by atoms with E-state index in [0.29, 0.717) is 12.0 Å². The average Bonchev–Trinajstić information content (AvgIpc) is 2.48. The molecule has 0 aliphatic carbocycles. The fourth-order valence-corrected chi connectivity index (χ4v) is 1.91. The van der Waals surface area contributed by atoms with Crippen molar-refractivity contribution in [3.8, 4) is 0 Å². The number of hydrogen-bond acceptors (Lipinski definition) is 2. The highest BCUT2D eigenvalue weighted by Gasteiger charge is 2.06. The standard InChI is InChI=1S/C17H17NO3/c1-12-2-9-15(10-3-12)18-17(21)14-7-4-13(5-8-14)6-11-16(19)20/h2-5,7-10H,6,11H2,1H3,(H,18,21)(H,19,20). The van der Waals surface area contributed by atoms with Gasteiger partial charge in [0.2, 0.25) is 0 Å². The van der Waals surface area contributed by atoms with Gasteiger partial charge < -0.3 is 10.4 Å². The Morgan fingerprint density at radius 1 is 1.00 bits per heavy atom. The van der Waals surface area contributed by atoms with Crippen LogP contribution in [0.25, 0.3) is 0 Å². The molecular formula is C17H17NO3. The largest absolute Gasteiger partial charge is 0.481 e. The average molecular weight is 283 g/mol. The van der Waals surface area contributed by atoms with E-state index in [1.165, 1.54) is 0 Å². The van der Waals surface area contributed by atoms with Crippen LogP contribution >= 0.6 is 0 Å². The highest BCUT2D eigenvalue weighted by atomic mass is 16.4. The quantitative estimate of drug-likeness (QED) is 0.885. The second kappa shape index (κ2) is 6.70. The molecule has 2 rings (SSSR count). The summed E-state index contributed by atoms with van der Waals surface area (Å²) in [6, 6.07) is 14.6. The van der Waals surface area contributed by atoms with Crippen LogP contribution in [-0.2, 0) is 11.2 Å². The number of aliphatic carboxylic acids is 1. The van der Waals surface area contributed by atoms with E-state index in [9.17, 15) is 9.59 Å². The number of carboxylic acids is 1. The van der Waals surface area contributed by atoms with Gasteiger partial charge in [0.25, 0.3) is 5.91 Å². The van der Waals surface area contributed by atoms with Gasteiger partial charge >= 0.3 is 5.97 Å². The Balaban J connectivity index is 1.99. The zero-order valence-electron chi connectivity index (χ0n) is 11.8. The summed E-state index contributed by atoms with van der Waals surface area (Å²) >= 11 is 0. The SMILES string of the molecule is Cc1ccc(NC(=O)c2ccc(CCC(=O)O)cc2)cc1. The Morgan fingerprint density at radius 3 is 2.19 bits per heavy atom. The van der Waals surface area contributed by atoms with E-state index in [-0.39, 0.29) is 12.3 Å². The Hall–Kier alpha value is -2.62. The molecule has 1 amide bonds. The molecule has 0 radical (unpaired) electrons. The molecule has 0 aliphatic heterocycles. The zero-order chi connectivity index (χ0) is 15.2. The summed E-state index contributed by atoms with van der Waals surface area (Å²) in [5.74, 6) is -1.00. The summed E-state index contributed by atoms with van der Waals surface area (Å²) in [5, 5.41) is 11.5. The Morgan fingerprint density at radius 2 is 1.62 bits per heavy atom. The minimum absolute atomic E-state index is 0.0922. The normalized spacial score (nSPS) is 10.1. The maximum atomic E-state index is 12.1. The van der Waals surface area contributed by atoms with Gasteiger partial charge in [0.1, 0.15) is 0 Å². The monoisotopic (exact) mass is 283 g/mol. The van der Waals surface area contributed by atoms with Gasteiger partial charge in [-0.15, -0.1) is 0 Å². The van der Waals surface area contributed by atoms with Crippen LogP contribution in [0, 0.1) is 6.92 Å². The first-order valence-corrected chi connectivity index (χ1v) is 6.73. The third kappa shape index (κ3) is 4.45. The molecule has 0 spiro atoms. The predicted octanol–water partition coefficient (Wildman–Crippen LogP) is 3.26. The van der Waals surface area contributed by atoms with Crippen molar-refractivity contribution in [2.75, 3.05) is 5.32 Å². The Bertz CT molecular complexity index is 630. The molecule has 4 nitrogen and oxygen atoms in total. The lowest BCUT2D eigenvalue weighted by Gasteiger charge is -2.06. The molecule has 108 valence electrons. The molecule has 4 heteroatoms. The van der Waals surface area contributed by atoms with Gasteiger partial charge in [-0.25, -0.2) is 0 Å². The molecule has 2 aromatic rings. The second-order valence-electron chi connectivity index (χ2n) is 4.91. The number of carbonyl (C=O) groups is 2. The first-order chi connectivity index (χ1) is 10.0. The summed E-state index contributed by atoms with van der Waals surface area (Å²) < 4.78 is 0. The first kappa shape index (κ1) is 14.8. The van der Waals surface area contributed by atoms with E-state index in [1.807, 2.05) is 31.2 Å². The highest BCUT2D eigenvalue weighted by Crippen LogP contribution is 2.12. The minimum Gasteiger partial charge on any atom is -0.481 e. The van der Waals surface area contributed by atoms with E-state index in [1.54, 1.807) is 24.3 Å². The molecule has 0 aromatic heterocycles. The third-order valence-electron chi connectivity index (χ3n) is 3.15. The van der Waals surface area contributed by atoms with Gasteiger partial charge in [0.05, 0.1) is 0 Å². The van der Waals surface area contributed by atoms with Crippen LogP contribution in [0.2, 0.25) is 0 Å². The van der Waals surface area contributed by atoms with Gasteiger partial charge in [0.15, 0.2) is 0 Å². The van der Waals surface area contributed by atoms with E-state index in [2.05, 4.69) is 5.32 Å². The maximum Gasteiger partial charge on any atom is 0.303 e. The number of anilines is 1. The molecule has 0 aliphatic rings. The van der Waals surface area contributed by atoms with Crippen molar-refractivity contribution in [3.63, 3.8) is 0 Å². The zero-order valence-corrected chi connectivity index (χ0v) is 11.8. The predicted molar refractivity (Wildman–Crippen MR) is 81.5 cm³/mol. The van der Waals surface area contributed by atoms with Crippen LogP contribution in [0.15, 0.2) is 48.5 Å².